The van der Waals surface area contributed by atoms with E-state index in [1.54, 1.807) is 30.7 Å². The van der Waals surface area contributed by atoms with E-state index in [1.807, 2.05) is 19.1 Å². The Morgan fingerprint density at radius 3 is 2.86 bits per heavy atom. The quantitative estimate of drug-likeness (QED) is 0.582. The van der Waals surface area contributed by atoms with Crippen LogP contribution in [0.25, 0.3) is 11.0 Å². The number of rotatable bonds is 4. The zero-order valence-electron chi connectivity index (χ0n) is 11.9. The molecular weight excluding hydrogens is 300 g/mol. The van der Waals surface area contributed by atoms with E-state index in [9.17, 15) is 4.79 Å². The van der Waals surface area contributed by atoms with E-state index in [-0.39, 0.29) is 5.78 Å². The second-order valence-electron chi connectivity index (χ2n) is 4.69. The molecule has 0 bridgehead atoms. The zero-order chi connectivity index (χ0) is 15.5. The molecule has 6 heteroatoms. The van der Waals surface area contributed by atoms with Gasteiger partial charge in [-0.25, -0.2) is 4.98 Å². The number of anilines is 2. The highest BCUT2D eigenvalue weighted by atomic mass is 35.5. The number of fused-ring (bicyclic) bond motifs is 1. The molecule has 0 saturated carbocycles. The van der Waals surface area contributed by atoms with E-state index < -0.39 is 0 Å². The molecule has 22 heavy (non-hydrogen) atoms. The summed E-state index contributed by atoms with van der Waals surface area (Å²) in [5.74, 6) is -0.0115. The van der Waals surface area contributed by atoms with Gasteiger partial charge in [-0.15, -0.1) is 0 Å². The molecule has 3 aromatic heterocycles. The maximum absolute atomic E-state index is 12.2. The van der Waals surface area contributed by atoms with Crippen LogP contribution in [0.3, 0.4) is 0 Å². The normalized spacial score (nSPS) is 10.6. The zero-order valence-corrected chi connectivity index (χ0v) is 12.6. The maximum atomic E-state index is 12.2. The summed E-state index contributed by atoms with van der Waals surface area (Å²) in [7, 11) is 0. The molecule has 0 amide bonds. The van der Waals surface area contributed by atoms with Crippen LogP contribution in [0.1, 0.15) is 23.7 Å². The summed E-state index contributed by atoms with van der Waals surface area (Å²) in [4.78, 5) is 24.9. The first-order valence-electron chi connectivity index (χ1n) is 6.84. The summed E-state index contributed by atoms with van der Waals surface area (Å²) in [5.41, 5.74) is 3.10. The predicted octanol–water partition coefficient (Wildman–Crippen LogP) is 4.01. The Balaban J connectivity index is 2.22. The summed E-state index contributed by atoms with van der Waals surface area (Å²) in [6.07, 6.45) is 5.32. The highest BCUT2D eigenvalue weighted by molar-refractivity contribution is 6.30. The Morgan fingerprint density at radius 2 is 2.14 bits per heavy atom. The lowest BCUT2D eigenvalue weighted by Gasteiger charge is -2.13. The van der Waals surface area contributed by atoms with Gasteiger partial charge >= 0.3 is 0 Å². The Bertz CT molecular complexity index is 836. The summed E-state index contributed by atoms with van der Waals surface area (Å²) < 4.78 is 0. The van der Waals surface area contributed by atoms with Crippen LogP contribution in [-0.2, 0) is 0 Å². The number of nitrogens with one attached hydrogen (secondary N) is 1. The summed E-state index contributed by atoms with van der Waals surface area (Å²) in [6, 6.07) is 7.13. The van der Waals surface area contributed by atoms with Gasteiger partial charge in [-0.1, -0.05) is 18.5 Å². The van der Waals surface area contributed by atoms with Crippen molar-refractivity contribution >= 4 is 39.8 Å². The third-order valence-corrected chi connectivity index (χ3v) is 3.44. The van der Waals surface area contributed by atoms with Crippen molar-refractivity contribution < 1.29 is 4.79 Å². The van der Waals surface area contributed by atoms with Gasteiger partial charge < -0.3 is 5.32 Å². The molecule has 0 aromatic carbocycles. The number of hydrogen-bond donors (Lipinski definition) is 1. The molecule has 0 fully saturated rings. The molecule has 5 nitrogen and oxygen atoms in total. The highest BCUT2D eigenvalue weighted by Gasteiger charge is 2.16. The van der Waals surface area contributed by atoms with E-state index in [2.05, 4.69) is 20.3 Å². The van der Waals surface area contributed by atoms with Crippen molar-refractivity contribution in [3.05, 3.63) is 53.6 Å². The molecule has 110 valence electrons. The van der Waals surface area contributed by atoms with Crippen molar-refractivity contribution in [3.8, 4) is 0 Å². The number of pyridine rings is 3. The minimum Gasteiger partial charge on any atom is -0.352 e. The van der Waals surface area contributed by atoms with Gasteiger partial charge in [0.25, 0.3) is 0 Å². The Kier molecular flexibility index (Phi) is 3.98. The lowest BCUT2D eigenvalue weighted by atomic mass is 10.1. The average Bonchev–Trinajstić information content (AvgIpc) is 2.55. The van der Waals surface area contributed by atoms with Gasteiger partial charge in [-0.3, -0.25) is 14.8 Å². The van der Waals surface area contributed by atoms with E-state index in [1.165, 1.54) is 0 Å². The fraction of sp³-hybridized carbons (Fsp3) is 0.125. The van der Waals surface area contributed by atoms with Crippen molar-refractivity contribution in [2.75, 3.05) is 5.32 Å². The van der Waals surface area contributed by atoms with E-state index in [0.29, 0.717) is 33.9 Å². The third-order valence-electron chi connectivity index (χ3n) is 3.23. The molecule has 3 rings (SSSR count). The van der Waals surface area contributed by atoms with Crippen LogP contribution in [-0.4, -0.2) is 20.7 Å². The molecule has 3 aromatic rings. The van der Waals surface area contributed by atoms with Crippen molar-refractivity contribution in [2.24, 2.45) is 0 Å². The van der Waals surface area contributed by atoms with Gasteiger partial charge in [0, 0.05) is 18.8 Å². The molecule has 0 aliphatic carbocycles. The molecule has 0 aliphatic rings. The number of carbonyl (C=O) groups is 1. The average molecular weight is 313 g/mol. The van der Waals surface area contributed by atoms with Gasteiger partial charge in [0.15, 0.2) is 5.78 Å². The minimum absolute atomic E-state index is 0.0115. The smallest absolute Gasteiger partial charge is 0.166 e. The van der Waals surface area contributed by atoms with Crippen LogP contribution in [0, 0.1) is 0 Å². The Hall–Kier alpha value is -2.53. The number of aromatic nitrogens is 3. The van der Waals surface area contributed by atoms with Crippen LogP contribution < -0.4 is 5.32 Å². The number of Topliss-reactive ketones (excluding diaryl/α,β-unsaturated/α-hetero) is 1. The molecule has 0 saturated heterocycles. The van der Waals surface area contributed by atoms with Crippen molar-refractivity contribution in [1.29, 1.82) is 0 Å². The maximum Gasteiger partial charge on any atom is 0.166 e. The second-order valence-corrected chi connectivity index (χ2v) is 5.08. The molecule has 3 heterocycles. The van der Waals surface area contributed by atoms with Crippen molar-refractivity contribution in [3.63, 3.8) is 0 Å². The summed E-state index contributed by atoms with van der Waals surface area (Å²) in [6.45, 7) is 1.81. The lowest BCUT2D eigenvalue weighted by molar-refractivity contribution is 0.0989. The predicted molar refractivity (Wildman–Crippen MR) is 86.7 cm³/mol. The van der Waals surface area contributed by atoms with Crippen LogP contribution in [0.5, 0.6) is 0 Å². The minimum atomic E-state index is -0.0115. The van der Waals surface area contributed by atoms with Gasteiger partial charge in [0.1, 0.15) is 10.7 Å². The summed E-state index contributed by atoms with van der Waals surface area (Å²) >= 11 is 6.00. The van der Waals surface area contributed by atoms with Crippen LogP contribution in [0.15, 0.2) is 42.9 Å². The van der Waals surface area contributed by atoms with E-state index in [0.717, 1.165) is 5.69 Å². The first kappa shape index (κ1) is 14.4. The number of hydrogen-bond acceptors (Lipinski definition) is 5. The molecular formula is C16H13ClN4O. The van der Waals surface area contributed by atoms with E-state index in [4.69, 9.17) is 11.6 Å². The number of halogens is 1. The van der Waals surface area contributed by atoms with Crippen molar-refractivity contribution in [1.82, 2.24) is 15.0 Å². The SMILES string of the molecule is CCC(=O)c1cnc2ccc(Cl)nc2c1Nc1cccnc1. The fourth-order valence-electron chi connectivity index (χ4n) is 2.15. The largest absolute Gasteiger partial charge is 0.352 e. The number of nitrogens with zero attached hydrogens (tertiary/aromatic N) is 3. The Morgan fingerprint density at radius 1 is 1.27 bits per heavy atom. The van der Waals surface area contributed by atoms with Gasteiger partial charge in [0.05, 0.1) is 28.7 Å². The second kappa shape index (κ2) is 6.07. The van der Waals surface area contributed by atoms with Crippen LogP contribution in [0.4, 0.5) is 11.4 Å². The molecule has 1 N–H and O–H groups in total. The number of carbonyl (C=O) groups excluding carboxylic acids is 1. The molecule has 0 unspecified atom stereocenters. The highest BCUT2D eigenvalue weighted by Crippen LogP contribution is 2.29. The van der Waals surface area contributed by atoms with Crippen LogP contribution in [0.2, 0.25) is 5.15 Å². The third kappa shape index (κ3) is 2.76. The molecule has 0 spiro atoms. The first-order chi connectivity index (χ1) is 10.7. The number of ketones is 1. The van der Waals surface area contributed by atoms with Crippen molar-refractivity contribution in [2.45, 2.75) is 13.3 Å². The Labute approximate surface area is 132 Å². The molecule has 0 atom stereocenters. The van der Waals surface area contributed by atoms with Crippen LogP contribution >= 0.6 is 11.6 Å². The fourth-order valence-corrected chi connectivity index (χ4v) is 2.30. The van der Waals surface area contributed by atoms with Gasteiger partial charge in [-0.05, 0) is 24.3 Å². The van der Waals surface area contributed by atoms with Gasteiger partial charge in [-0.2, -0.15) is 0 Å². The molecule has 0 aliphatic heterocycles. The van der Waals surface area contributed by atoms with Gasteiger partial charge in [0.2, 0.25) is 0 Å². The monoisotopic (exact) mass is 312 g/mol. The summed E-state index contributed by atoms with van der Waals surface area (Å²) in [5, 5.41) is 3.57. The standard InChI is InChI=1S/C16H13ClN4O/c1-2-13(22)11-9-19-12-5-6-14(17)21-16(12)15(11)20-10-4-3-7-18-8-10/h3-9H,2H2,1H3,(H,19,20). The lowest BCUT2D eigenvalue weighted by Crippen LogP contribution is -2.05. The topological polar surface area (TPSA) is 67.8 Å². The first-order valence-corrected chi connectivity index (χ1v) is 7.22. The molecule has 0 radical (unpaired) electrons. The van der Waals surface area contributed by atoms with E-state index >= 15 is 0 Å².